The molecule has 0 fully saturated rings. The van der Waals surface area contributed by atoms with Gasteiger partial charge in [-0.3, -0.25) is 0 Å². The van der Waals surface area contributed by atoms with Gasteiger partial charge in [0.1, 0.15) is 0 Å². The number of pyridine rings is 1. The van der Waals surface area contributed by atoms with Crippen LogP contribution in [-0.2, 0) is 6.18 Å². The van der Waals surface area contributed by atoms with Crippen molar-refractivity contribution in [3.8, 4) is 0 Å². The highest BCUT2D eigenvalue weighted by atomic mass is 127. The van der Waals surface area contributed by atoms with E-state index in [9.17, 15) is 17.6 Å². The SMILES string of the molecule is Fc1c(I)ccnc1C(F)(F)F. The normalized spacial score (nSPS) is 11.8. The molecule has 0 amide bonds. The van der Waals surface area contributed by atoms with E-state index in [1.807, 2.05) is 0 Å². The third kappa shape index (κ3) is 1.85. The van der Waals surface area contributed by atoms with Crippen molar-refractivity contribution in [3.63, 3.8) is 0 Å². The topological polar surface area (TPSA) is 12.9 Å². The zero-order chi connectivity index (χ0) is 9.35. The molecule has 0 aliphatic heterocycles. The number of rotatable bonds is 0. The molecule has 0 radical (unpaired) electrons. The molecule has 0 aromatic carbocycles. The molecular weight excluding hydrogens is 289 g/mol. The fraction of sp³-hybridized carbons (Fsp3) is 0.167. The van der Waals surface area contributed by atoms with Crippen molar-refractivity contribution in [2.45, 2.75) is 6.18 Å². The second-order valence-electron chi connectivity index (χ2n) is 1.95. The van der Waals surface area contributed by atoms with Crippen LogP contribution in [0.4, 0.5) is 17.6 Å². The van der Waals surface area contributed by atoms with E-state index < -0.39 is 17.7 Å². The van der Waals surface area contributed by atoms with Crippen LogP contribution in [0, 0.1) is 9.39 Å². The summed E-state index contributed by atoms with van der Waals surface area (Å²) in [5.74, 6) is -1.31. The minimum atomic E-state index is -4.72. The first-order valence-electron chi connectivity index (χ1n) is 2.80. The zero-order valence-electron chi connectivity index (χ0n) is 5.49. The van der Waals surface area contributed by atoms with Crippen LogP contribution >= 0.6 is 22.6 Å². The van der Waals surface area contributed by atoms with Crippen LogP contribution in [0.5, 0.6) is 0 Å². The number of hydrogen-bond acceptors (Lipinski definition) is 1. The van der Waals surface area contributed by atoms with Gasteiger partial charge in [-0.15, -0.1) is 0 Å². The first-order valence-corrected chi connectivity index (χ1v) is 3.88. The predicted octanol–water partition coefficient (Wildman–Crippen LogP) is 2.84. The van der Waals surface area contributed by atoms with Crippen LogP contribution in [0.25, 0.3) is 0 Å². The van der Waals surface area contributed by atoms with Crippen molar-refractivity contribution in [2.75, 3.05) is 0 Å². The largest absolute Gasteiger partial charge is 0.436 e. The molecule has 0 atom stereocenters. The van der Waals surface area contributed by atoms with Gasteiger partial charge in [0.05, 0.1) is 3.57 Å². The van der Waals surface area contributed by atoms with Gasteiger partial charge in [-0.25, -0.2) is 9.37 Å². The summed E-state index contributed by atoms with van der Waals surface area (Å²) < 4.78 is 48.4. The fourth-order valence-corrected chi connectivity index (χ4v) is 1.03. The summed E-state index contributed by atoms with van der Waals surface area (Å²) >= 11 is 1.47. The molecule has 0 aliphatic carbocycles. The van der Waals surface area contributed by atoms with Gasteiger partial charge < -0.3 is 0 Å². The van der Waals surface area contributed by atoms with E-state index in [1.54, 1.807) is 0 Å². The lowest BCUT2D eigenvalue weighted by atomic mass is 10.3. The van der Waals surface area contributed by atoms with Gasteiger partial charge in [-0.05, 0) is 28.7 Å². The molecule has 1 heterocycles. The summed E-state index contributed by atoms with van der Waals surface area (Å²) in [5.41, 5.74) is -1.46. The van der Waals surface area contributed by atoms with Gasteiger partial charge in [0.25, 0.3) is 0 Å². The maximum atomic E-state index is 12.7. The second-order valence-corrected chi connectivity index (χ2v) is 3.12. The predicted molar refractivity (Wildman–Crippen MR) is 41.9 cm³/mol. The van der Waals surface area contributed by atoms with Crippen molar-refractivity contribution in [2.24, 2.45) is 0 Å². The van der Waals surface area contributed by atoms with Crippen molar-refractivity contribution < 1.29 is 17.6 Å². The Kier molecular flexibility index (Phi) is 2.55. The Bertz CT molecular complexity index is 296. The molecule has 0 unspecified atom stereocenters. The third-order valence-electron chi connectivity index (χ3n) is 1.11. The van der Waals surface area contributed by atoms with E-state index in [0.717, 1.165) is 6.20 Å². The maximum Gasteiger partial charge on any atom is 0.436 e. The number of alkyl halides is 3. The fourth-order valence-electron chi connectivity index (χ4n) is 0.618. The molecule has 6 heteroatoms. The number of aromatic nitrogens is 1. The molecule has 0 N–H and O–H groups in total. The van der Waals surface area contributed by atoms with E-state index in [0.29, 0.717) is 0 Å². The Labute approximate surface area is 78.9 Å². The van der Waals surface area contributed by atoms with E-state index in [2.05, 4.69) is 4.98 Å². The Hall–Kier alpha value is -0.400. The molecule has 1 rings (SSSR count). The summed E-state index contributed by atoms with van der Waals surface area (Å²) in [4.78, 5) is 2.91. The molecular formula is C6H2F4IN. The first kappa shape index (κ1) is 9.69. The Balaban J connectivity index is 3.26. The highest BCUT2D eigenvalue weighted by Crippen LogP contribution is 2.30. The minimum absolute atomic E-state index is 0.0880. The van der Waals surface area contributed by atoms with Crippen molar-refractivity contribution >= 4 is 22.6 Å². The summed E-state index contributed by atoms with van der Waals surface area (Å²) in [6.07, 6.45) is -3.79. The molecule has 1 aromatic rings. The quantitative estimate of drug-likeness (QED) is 0.529. The molecule has 0 bridgehead atoms. The highest BCUT2D eigenvalue weighted by Gasteiger charge is 2.36. The molecule has 1 nitrogen and oxygen atoms in total. The number of hydrogen-bond donors (Lipinski definition) is 0. The molecule has 1 aromatic heterocycles. The smallest absolute Gasteiger partial charge is 0.249 e. The second kappa shape index (κ2) is 3.15. The molecule has 0 aliphatic rings. The number of halogens is 5. The Morgan fingerprint density at radius 1 is 1.33 bits per heavy atom. The van der Waals surface area contributed by atoms with Crippen LogP contribution in [0.3, 0.4) is 0 Å². The van der Waals surface area contributed by atoms with Crippen LogP contribution in [-0.4, -0.2) is 4.98 Å². The summed E-state index contributed by atoms with van der Waals surface area (Å²) in [7, 11) is 0. The standard InChI is InChI=1S/C6H2F4IN/c7-4-3(11)1-2-12-5(4)6(8,9)10/h1-2H. The molecule has 0 saturated heterocycles. The van der Waals surface area contributed by atoms with Crippen LogP contribution in [0.2, 0.25) is 0 Å². The summed E-state index contributed by atoms with van der Waals surface area (Å²) in [6, 6.07) is 1.17. The van der Waals surface area contributed by atoms with Gasteiger partial charge in [-0.2, -0.15) is 13.2 Å². The van der Waals surface area contributed by atoms with E-state index in [-0.39, 0.29) is 3.57 Å². The molecule has 66 valence electrons. The lowest BCUT2D eigenvalue weighted by molar-refractivity contribution is -0.143. The lowest BCUT2D eigenvalue weighted by Crippen LogP contribution is -2.11. The maximum absolute atomic E-state index is 12.7. The Morgan fingerprint density at radius 2 is 1.92 bits per heavy atom. The highest BCUT2D eigenvalue weighted by molar-refractivity contribution is 14.1. The van der Waals surface area contributed by atoms with Crippen molar-refractivity contribution in [1.29, 1.82) is 0 Å². The average molecular weight is 291 g/mol. The number of nitrogens with zero attached hydrogens (tertiary/aromatic N) is 1. The zero-order valence-corrected chi connectivity index (χ0v) is 7.65. The van der Waals surface area contributed by atoms with E-state index in [4.69, 9.17) is 0 Å². The monoisotopic (exact) mass is 291 g/mol. The average Bonchev–Trinajstić information content (AvgIpc) is 1.92. The van der Waals surface area contributed by atoms with Gasteiger partial charge >= 0.3 is 6.18 Å². The van der Waals surface area contributed by atoms with Gasteiger partial charge in [0, 0.05) is 6.20 Å². The molecule has 0 saturated carbocycles. The van der Waals surface area contributed by atoms with E-state index in [1.165, 1.54) is 28.7 Å². The van der Waals surface area contributed by atoms with Crippen LogP contribution in [0.1, 0.15) is 5.69 Å². The third-order valence-corrected chi connectivity index (χ3v) is 1.94. The minimum Gasteiger partial charge on any atom is -0.249 e. The van der Waals surface area contributed by atoms with Crippen molar-refractivity contribution in [3.05, 3.63) is 27.3 Å². The molecule has 12 heavy (non-hydrogen) atoms. The van der Waals surface area contributed by atoms with Gasteiger partial charge in [-0.1, -0.05) is 0 Å². The Morgan fingerprint density at radius 3 is 2.33 bits per heavy atom. The summed E-state index contributed by atoms with van der Waals surface area (Å²) in [6.45, 7) is 0. The first-order chi connectivity index (χ1) is 5.43. The lowest BCUT2D eigenvalue weighted by Gasteiger charge is -2.06. The summed E-state index contributed by atoms with van der Waals surface area (Å²) in [5, 5.41) is 0. The van der Waals surface area contributed by atoms with E-state index >= 15 is 0 Å². The van der Waals surface area contributed by atoms with Crippen LogP contribution in [0.15, 0.2) is 12.3 Å². The van der Waals surface area contributed by atoms with Gasteiger partial charge in [0.2, 0.25) is 0 Å². The molecule has 0 spiro atoms. The van der Waals surface area contributed by atoms with Crippen LogP contribution < -0.4 is 0 Å². The van der Waals surface area contributed by atoms with Gasteiger partial charge in [0.15, 0.2) is 11.5 Å². The van der Waals surface area contributed by atoms with Crippen molar-refractivity contribution in [1.82, 2.24) is 4.98 Å².